The van der Waals surface area contributed by atoms with Crippen LogP contribution in [0.3, 0.4) is 0 Å². The van der Waals surface area contributed by atoms with E-state index in [4.69, 9.17) is 0 Å². The SMILES string of the molecule is O=C(NN=Cc1ccc(O)cc1)c1ccccc1NC(=O)C1CC1. The van der Waals surface area contributed by atoms with Gasteiger partial charge in [0, 0.05) is 5.92 Å². The van der Waals surface area contributed by atoms with Gasteiger partial charge in [-0.3, -0.25) is 9.59 Å². The number of hydrazone groups is 1. The summed E-state index contributed by atoms with van der Waals surface area (Å²) in [6.45, 7) is 0. The number of amides is 2. The maximum atomic E-state index is 12.3. The Morgan fingerprint density at radius 1 is 1.08 bits per heavy atom. The van der Waals surface area contributed by atoms with E-state index in [1.165, 1.54) is 18.3 Å². The van der Waals surface area contributed by atoms with Gasteiger partial charge in [0.1, 0.15) is 5.75 Å². The fraction of sp³-hybridized carbons (Fsp3) is 0.167. The average molecular weight is 323 g/mol. The highest BCUT2D eigenvalue weighted by Crippen LogP contribution is 2.30. The first-order valence-corrected chi connectivity index (χ1v) is 7.66. The Balaban J connectivity index is 1.66. The van der Waals surface area contributed by atoms with Crippen molar-refractivity contribution in [2.24, 2.45) is 11.0 Å². The summed E-state index contributed by atoms with van der Waals surface area (Å²) in [4.78, 5) is 24.1. The number of rotatable bonds is 5. The van der Waals surface area contributed by atoms with E-state index >= 15 is 0 Å². The molecule has 2 amide bonds. The molecule has 6 heteroatoms. The Kier molecular flexibility index (Phi) is 4.56. The van der Waals surface area contributed by atoms with Gasteiger partial charge in [-0.1, -0.05) is 12.1 Å². The summed E-state index contributed by atoms with van der Waals surface area (Å²) >= 11 is 0. The van der Waals surface area contributed by atoms with Crippen molar-refractivity contribution in [2.45, 2.75) is 12.8 Å². The van der Waals surface area contributed by atoms with Crippen molar-refractivity contribution < 1.29 is 14.7 Å². The van der Waals surface area contributed by atoms with Gasteiger partial charge in [-0.05, 0) is 54.8 Å². The number of carbonyl (C=O) groups excluding carboxylic acids is 2. The molecule has 3 N–H and O–H groups in total. The van der Waals surface area contributed by atoms with E-state index < -0.39 is 5.91 Å². The van der Waals surface area contributed by atoms with Crippen molar-refractivity contribution in [1.29, 1.82) is 0 Å². The van der Waals surface area contributed by atoms with Crippen molar-refractivity contribution in [1.82, 2.24) is 5.43 Å². The molecule has 0 aliphatic heterocycles. The van der Waals surface area contributed by atoms with Gasteiger partial charge in [0.2, 0.25) is 5.91 Å². The minimum atomic E-state index is -0.406. The number of hydrogen-bond acceptors (Lipinski definition) is 4. The van der Waals surface area contributed by atoms with Gasteiger partial charge < -0.3 is 10.4 Å². The molecule has 0 radical (unpaired) electrons. The largest absolute Gasteiger partial charge is 0.508 e. The molecule has 0 aromatic heterocycles. The lowest BCUT2D eigenvalue weighted by molar-refractivity contribution is -0.117. The Bertz CT molecular complexity index is 780. The standard InChI is InChI=1S/C18H17N3O3/c22-14-9-5-12(6-10-14)11-19-21-18(24)15-3-1-2-4-16(15)20-17(23)13-7-8-13/h1-6,9-11,13,22H,7-8H2,(H,20,23)(H,21,24). The van der Waals surface area contributed by atoms with E-state index in [0.717, 1.165) is 18.4 Å². The highest BCUT2D eigenvalue weighted by atomic mass is 16.3. The van der Waals surface area contributed by atoms with Crippen molar-refractivity contribution in [3.8, 4) is 5.75 Å². The first-order chi connectivity index (χ1) is 11.6. The molecule has 1 fully saturated rings. The molecular formula is C18H17N3O3. The Hall–Kier alpha value is -3.15. The lowest BCUT2D eigenvalue weighted by Gasteiger charge is -2.09. The maximum Gasteiger partial charge on any atom is 0.273 e. The smallest absolute Gasteiger partial charge is 0.273 e. The molecule has 2 aromatic carbocycles. The summed E-state index contributed by atoms with van der Waals surface area (Å²) in [5.41, 5.74) is 4.01. The first-order valence-electron chi connectivity index (χ1n) is 7.66. The number of phenols is 1. The van der Waals surface area contributed by atoms with Crippen LogP contribution in [0, 0.1) is 5.92 Å². The van der Waals surface area contributed by atoms with Crippen LogP contribution in [0.25, 0.3) is 0 Å². The Morgan fingerprint density at radius 3 is 2.50 bits per heavy atom. The molecular weight excluding hydrogens is 306 g/mol. The first kappa shape index (κ1) is 15.7. The maximum absolute atomic E-state index is 12.3. The molecule has 6 nitrogen and oxygen atoms in total. The summed E-state index contributed by atoms with van der Waals surface area (Å²) in [6.07, 6.45) is 3.27. The second-order valence-electron chi connectivity index (χ2n) is 5.60. The summed E-state index contributed by atoms with van der Waals surface area (Å²) in [5, 5.41) is 15.9. The molecule has 0 atom stereocenters. The predicted molar refractivity (Wildman–Crippen MR) is 91.0 cm³/mol. The molecule has 24 heavy (non-hydrogen) atoms. The highest BCUT2D eigenvalue weighted by molar-refractivity contribution is 6.04. The predicted octanol–water partition coefficient (Wildman–Crippen LogP) is 2.50. The van der Waals surface area contributed by atoms with Crippen LogP contribution in [0.15, 0.2) is 53.6 Å². The number of para-hydroxylation sites is 1. The lowest BCUT2D eigenvalue weighted by Crippen LogP contribution is -2.21. The fourth-order valence-corrected chi connectivity index (χ4v) is 2.16. The van der Waals surface area contributed by atoms with Crippen molar-refractivity contribution in [3.63, 3.8) is 0 Å². The molecule has 0 spiro atoms. The topological polar surface area (TPSA) is 90.8 Å². The third-order valence-electron chi connectivity index (χ3n) is 3.65. The molecule has 1 saturated carbocycles. The van der Waals surface area contributed by atoms with Crippen molar-refractivity contribution >= 4 is 23.7 Å². The Morgan fingerprint density at radius 2 is 1.79 bits per heavy atom. The summed E-state index contributed by atoms with van der Waals surface area (Å²) in [6, 6.07) is 13.2. The molecule has 1 aliphatic carbocycles. The number of aromatic hydroxyl groups is 1. The van der Waals surface area contributed by atoms with E-state index in [9.17, 15) is 14.7 Å². The summed E-state index contributed by atoms with van der Waals surface area (Å²) < 4.78 is 0. The van der Waals surface area contributed by atoms with E-state index in [-0.39, 0.29) is 17.6 Å². The third-order valence-corrected chi connectivity index (χ3v) is 3.65. The minimum Gasteiger partial charge on any atom is -0.508 e. The van der Waals surface area contributed by atoms with Crippen molar-refractivity contribution in [2.75, 3.05) is 5.32 Å². The number of hydrogen-bond donors (Lipinski definition) is 3. The average Bonchev–Trinajstić information content (AvgIpc) is 3.42. The van der Waals surface area contributed by atoms with Crippen LogP contribution in [0.5, 0.6) is 5.75 Å². The number of carbonyl (C=O) groups is 2. The minimum absolute atomic E-state index is 0.0529. The quantitative estimate of drug-likeness (QED) is 0.583. The van der Waals surface area contributed by atoms with Gasteiger partial charge in [-0.15, -0.1) is 0 Å². The van der Waals surface area contributed by atoms with Gasteiger partial charge in [-0.25, -0.2) is 5.43 Å². The molecule has 1 aliphatic rings. The Labute approximate surface area is 139 Å². The van der Waals surface area contributed by atoms with Gasteiger partial charge in [0.05, 0.1) is 17.5 Å². The number of benzene rings is 2. The number of nitrogens with zero attached hydrogens (tertiary/aromatic N) is 1. The van der Waals surface area contributed by atoms with Gasteiger partial charge in [0.15, 0.2) is 0 Å². The second kappa shape index (κ2) is 6.95. The van der Waals surface area contributed by atoms with E-state index in [1.807, 2.05) is 0 Å². The lowest BCUT2D eigenvalue weighted by atomic mass is 10.1. The molecule has 0 heterocycles. The second-order valence-corrected chi connectivity index (χ2v) is 5.60. The zero-order valence-corrected chi connectivity index (χ0v) is 12.9. The molecule has 0 unspecified atom stereocenters. The summed E-state index contributed by atoms with van der Waals surface area (Å²) in [7, 11) is 0. The number of nitrogens with one attached hydrogen (secondary N) is 2. The molecule has 0 bridgehead atoms. The van der Waals surface area contributed by atoms with Crippen LogP contribution in [0.4, 0.5) is 5.69 Å². The van der Waals surface area contributed by atoms with E-state index in [2.05, 4.69) is 15.8 Å². The number of anilines is 1. The normalized spacial score (nSPS) is 13.7. The van der Waals surface area contributed by atoms with Crippen LogP contribution in [-0.4, -0.2) is 23.1 Å². The van der Waals surface area contributed by atoms with E-state index in [0.29, 0.717) is 11.3 Å². The molecule has 122 valence electrons. The van der Waals surface area contributed by atoms with E-state index in [1.54, 1.807) is 36.4 Å². The summed E-state index contributed by atoms with van der Waals surface area (Å²) in [5.74, 6) is -0.232. The van der Waals surface area contributed by atoms with Crippen LogP contribution < -0.4 is 10.7 Å². The zero-order chi connectivity index (χ0) is 16.9. The zero-order valence-electron chi connectivity index (χ0n) is 12.9. The van der Waals surface area contributed by atoms with Gasteiger partial charge in [0.25, 0.3) is 5.91 Å². The van der Waals surface area contributed by atoms with Crippen molar-refractivity contribution in [3.05, 3.63) is 59.7 Å². The van der Waals surface area contributed by atoms with Crippen LogP contribution in [-0.2, 0) is 4.79 Å². The molecule has 2 aromatic rings. The third kappa shape index (κ3) is 3.98. The van der Waals surface area contributed by atoms with Gasteiger partial charge in [-0.2, -0.15) is 5.10 Å². The fourth-order valence-electron chi connectivity index (χ4n) is 2.16. The van der Waals surface area contributed by atoms with Crippen LogP contribution in [0.1, 0.15) is 28.8 Å². The highest BCUT2D eigenvalue weighted by Gasteiger charge is 2.30. The molecule has 0 saturated heterocycles. The molecule has 3 rings (SSSR count). The van der Waals surface area contributed by atoms with Crippen LogP contribution in [0.2, 0.25) is 0 Å². The van der Waals surface area contributed by atoms with Gasteiger partial charge >= 0.3 is 0 Å². The number of phenolic OH excluding ortho intramolecular Hbond substituents is 1. The monoisotopic (exact) mass is 323 g/mol. The van der Waals surface area contributed by atoms with Crippen LogP contribution >= 0.6 is 0 Å².